The largest absolute Gasteiger partial charge is 0.535 e. The summed E-state index contributed by atoms with van der Waals surface area (Å²) in [7, 11) is 1.38. The van der Waals surface area contributed by atoms with Crippen molar-refractivity contribution < 1.29 is 8.97 Å². The Bertz CT molecular complexity index is 10.0. The molecule has 0 saturated carbocycles. The van der Waals surface area contributed by atoms with Crippen molar-refractivity contribution in [3.05, 3.63) is 0 Å². The zero-order valence-corrected chi connectivity index (χ0v) is 2.36. The molecule has 0 amide bonds. The van der Waals surface area contributed by atoms with Gasteiger partial charge in [0.15, 0.2) is 0 Å². The molecule has 0 heterocycles. The van der Waals surface area contributed by atoms with Gasteiger partial charge >= 0.3 is 7.76 Å². The fourth-order valence-corrected chi connectivity index (χ4v) is 0. The molecule has 0 unspecified atom stereocenters. The third-order valence-corrected chi connectivity index (χ3v) is 0.0891. The fraction of sp³-hybridized carbons (Fsp3) is 1.00. The first-order valence-corrected chi connectivity index (χ1v) is 0.862. The molecular formula is CH3BFO. The highest BCUT2D eigenvalue weighted by atomic mass is 19.1. The minimum atomic E-state index is 0.125. The van der Waals surface area contributed by atoms with E-state index in [1.807, 2.05) is 0 Å². The second-order valence-corrected chi connectivity index (χ2v) is 0.325. The van der Waals surface area contributed by atoms with Crippen molar-refractivity contribution in [3.8, 4) is 0 Å². The van der Waals surface area contributed by atoms with Gasteiger partial charge in [0.05, 0.1) is 0 Å². The predicted molar refractivity (Wildman–Crippen MR) is 13.9 cm³/mol. The number of hydrogen-bond acceptors (Lipinski definition) is 1. The summed E-state index contributed by atoms with van der Waals surface area (Å²) in [5.41, 5.74) is 0. The molecule has 1 nitrogen and oxygen atoms in total. The van der Waals surface area contributed by atoms with Crippen LogP contribution in [0.1, 0.15) is 0 Å². The van der Waals surface area contributed by atoms with Crippen LogP contribution in [-0.4, -0.2) is 14.9 Å². The molecule has 0 atom stereocenters. The standard InChI is InChI=1S/CH3BFO/c1-4-2-3/h1H3. The second-order valence-electron chi connectivity index (χ2n) is 0.325. The fourth-order valence-electron chi connectivity index (χ4n) is 0. The van der Waals surface area contributed by atoms with Crippen LogP contribution < -0.4 is 0 Å². The van der Waals surface area contributed by atoms with Crippen LogP contribution in [-0.2, 0) is 4.65 Å². The van der Waals surface area contributed by atoms with Crippen LogP contribution in [0.2, 0.25) is 0 Å². The van der Waals surface area contributed by atoms with Crippen LogP contribution >= 0.6 is 0 Å². The van der Waals surface area contributed by atoms with Crippen LogP contribution in [0.4, 0.5) is 4.32 Å². The normalized spacial score (nSPS) is 6.50. The Kier molecular flexibility index (Phi) is 2.92. The van der Waals surface area contributed by atoms with E-state index in [-0.39, 0.29) is 7.76 Å². The maximum atomic E-state index is 10.4. The lowest BCUT2D eigenvalue weighted by atomic mass is 10.5. The smallest absolute Gasteiger partial charge is 0.413 e. The van der Waals surface area contributed by atoms with Gasteiger partial charge in [0.1, 0.15) is 0 Å². The molecule has 0 saturated heterocycles. The molecule has 4 heavy (non-hydrogen) atoms. The Labute approximate surface area is 25.1 Å². The SMILES string of the molecule is CO[B]F. The lowest BCUT2D eigenvalue weighted by Crippen LogP contribution is -1.77. The van der Waals surface area contributed by atoms with Crippen LogP contribution in [0.25, 0.3) is 0 Å². The third-order valence-electron chi connectivity index (χ3n) is 0.0891. The van der Waals surface area contributed by atoms with Crippen molar-refractivity contribution in [3.63, 3.8) is 0 Å². The van der Waals surface area contributed by atoms with E-state index in [1.165, 1.54) is 7.11 Å². The summed E-state index contributed by atoms with van der Waals surface area (Å²) in [4.78, 5) is 0. The van der Waals surface area contributed by atoms with E-state index in [4.69, 9.17) is 0 Å². The van der Waals surface area contributed by atoms with Gasteiger partial charge in [0.25, 0.3) is 0 Å². The lowest BCUT2D eigenvalue weighted by Gasteiger charge is -1.67. The maximum Gasteiger partial charge on any atom is 0.535 e. The van der Waals surface area contributed by atoms with Gasteiger partial charge in [-0.15, -0.1) is 0 Å². The van der Waals surface area contributed by atoms with Crippen molar-refractivity contribution in [2.45, 2.75) is 0 Å². The van der Waals surface area contributed by atoms with E-state index in [1.54, 1.807) is 0 Å². The minimum Gasteiger partial charge on any atom is -0.413 e. The van der Waals surface area contributed by atoms with Crippen LogP contribution in [0.5, 0.6) is 0 Å². The van der Waals surface area contributed by atoms with Crippen molar-refractivity contribution in [2.75, 3.05) is 7.11 Å². The molecular weight excluding hydrogens is 57.8 g/mol. The minimum absolute atomic E-state index is 0.125. The summed E-state index contributed by atoms with van der Waals surface area (Å²) in [6.45, 7) is 0. The molecule has 0 rings (SSSR count). The van der Waals surface area contributed by atoms with Gasteiger partial charge in [0.2, 0.25) is 0 Å². The molecule has 0 aliphatic heterocycles. The Hall–Kier alpha value is -0.0451. The summed E-state index contributed by atoms with van der Waals surface area (Å²) >= 11 is 0. The van der Waals surface area contributed by atoms with Gasteiger partial charge in [-0.3, -0.25) is 4.32 Å². The van der Waals surface area contributed by atoms with Crippen molar-refractivity contribution in [1.29, 1.82) is 0 Å². The maximum absolute atomic E-state index is 10.4. The van der Waals surface area contributed by atoms with Crippen molar-refractivity contribution >= 4 is 7.76 Å². The number of rotatable bonds is 1. The van der Waals surface area contributed by atoms with Crippen LogP contribution in [0, 0.1) is 0 Å². The molecule has 0 aromatic rings. The van der Waals surface area contributed by atoms with Gasteiger partial charge in [-0.1, -0.05) is 0 Å². The molecule has 0 spiro atoms. The first-order valence-electron chi connectivity index (χ1n) is 0.862. The molecule has 1 radical (unpaired) electrons. The van der Waals surface area contributed by atoms with E-state index >= 15 is 0 Å². The van der Waals surface area contributed by atoms with Gasteiger partial charge < -0.3 is 4.65 Å². The highest BCUT2D eigenvalue weighted by Gasteiger charge is 1.70. The summed E-state index contributed by atoms with van der Waals surface area (Å²) in [6, 6.07) is 0. The first kappa shape index (κ1) is 3.95. The molecule has 0 aromatic carbocycles. The second kappa shape index (κ2) is 2.95. The highest BCUT2D eigenvalue weighted by Crippen LogP contribution is 1.52. The Morgan fingerprint density at radius 3 is 2.25 bits per heavy atom. The van der Waals surface area contributed by atoms with Crippen LogP contribution in [0.15, 0.2) is 0 Å². The van der Waals surface area contributed by atoms with E-state index < -0.39 is 0 Å². The Morgan fingerprint density at radius 2 is 2.25 bits per heavy atom. The molecule has 0 fully saturated rings. The highest BCUT2D eigenvalue weighted by molar-refractivity contribution is 6.16. The molecule has 0 aliphatic carbocycles. The molecule has 0 bridgehead atoms. The van der Waals surface area contributed by atoms with Gasteiger partial charge in [-0.2, -0.15) is 0 Å². The summed E-state index contributed by atoms with van der Waals surface area (Å²) in [5, 5.41) is 0. The van der Waals surface area contributed by atoms with Crippen molar-refractivity contribution in [1.82, 2.24) is 0 Å². The van der Waals surface area contributed by atoms with E-state index in [0.29, 0.717) is 0 Å². The monoisotopic (exact) mass is 61.0 g/mol. The molecule has 0 N–H and O–H groups in total. The van der Waals surface area contributed by atoms with Gasteiger partial charge in [-0.25, -0.2) is 0 Å². The topological polar surface area (TPSA) is 9.23 Å². The summed E-state index contributed by atoms with van der Waals surface area (Å²) < 4.78 is 14.1. The van der Waals surface area contributed by atoms with Gasteiger partial charge in [-0.05, 0) is 0 Å². The predicted octanol–water partition coefficient (Wildman–Crippen LogP) is 0.136. The molecule has 0 aromatic heterocycles. The third kappa shape index (κ3) is 1.95. The molecule has 23 valence electrons. The Morgan fingerprint density at radius 1 is 2.00 bits per heavy atom. The number of halogens is 1. The Balaban J connectivity index is 1.97. The first-order chi connectivity index (χ1) is 1.91. The van der Waals surface area contributed by atoms with E-state index in [0.717, 1.165) is 0 Å². The summed E-state index contributed by atoms with van der Waals surface area (Å²) in [5.74, 6) is 0. The zero-order valence-electron chi connectivity index (χ0n) is 2.36. The van der Waals surface area contributed by atoms with Crippen molar-refractivity contribution in [2.24, 2.45) is 0 Å². The molecule has 0 aliphatic rings. The molecule has 3 heteroatoms. The lowest BCUT2D eigenvalue weighted by molar-refractivity contribution is 0.405. The average molecular weight is 60.8 g/mol. The summed E-state index contributed by atoms with van der Waals surface area (Å²) in [6.07, 6.45) is 0. The van der Waals surface area contributed by atoms with E-state index in [2.05, 4.69) is 4.65 Å². The average Bonchev–Trinajstić information content (AvgIpc) is 1.37. The van der Waals surface area contributed by atoms with Crippen LogP contribution in [0.3, 0.4) is 0 Å². The zero-order chi connectivity index (χ0) is 3.41. The quantitative estimate of drug-likeness (QED) is 0.391. The number of hydrogen-bond donors (Lipinski definition) is 0. The van der Waals surface area contributed by atoms with Gasteiger partial charge in [0, 0.05) is 7.11 Å². The van der Waals surface area contributed by atoms with E-state index in [9.17, 15) is 4.32 Å².